The molecule has 2 aliphatic carbocycles. The third-order valence-electron chi connectivity index (χ3n) is 6.34. The number of nitrogens with two attached hydrogens (primary N) is 1. The predicted molar refractivity (Wildman–Crippen MR) is 95.7 cm³/mol. The molecule has 3 unspecified atom stereocenters. The number of hydrogen-bond donors (Lipinski definition) is 2. The number of hydrogen-bond acceptors (Lipinski definition) is 4. The second-order valence-corrected chi connectivity index (χ2v) is 8.36. The number of ether oxygens (including phenoxy) is 1. The van der Waals surface area contributed by atoms with Crippen molar-refractivity contribution in [2.24, 2.45) is 29.4 Å². The van der Waals surface area contributed by atoms with Gasteiger partial charge in [0, 0.05) is 25.0 Å². The molecule has 0 radical (unpaired) electrons. The first kappa shape index (κ1) is 18.6. The molecule has 3 aliphatic rings. The summed E-state index contributed by atoms with van der Waals surface area (Å²) in [4.78, 5) is 27.6. The van der Waals surface area contributed by atoms with E-state index in [2.05, 4.69) is 5.32 Å². The average Bonchev–Trinajstić information content (AvgIpc) is 2.59. The molecule has 1 saturated heterocycles. The normalized spacial score (nSPS) is 33.8. The van der Waals surface area contributed by atoms with Gasteiger partial charge in [-0.2, -0.15) is 0 Å². The molecule has 25 heavy (non-hydrogen) atoms. The second kappa shape index (κ2) is 8.04. The SMILES string of the molecule is CC(C)C(NC(=O)C1CC2CCCC(C1)C2N)C(=O)N1CCOCC1. The molecule has 1 aliphatic heterocycles. The highest BCUT2D eigenvalue weighted by molar-refractivity contribution is 5.88. The van der Waals surface area contributed by atoms with Crippen LogP contribution in [0.15, 0.2) is 0 Å². The minimum absolute atomic E-state index is 0.00818. The molecule has 0 aromatic heterocycles. The molecule has 0 aromatic carbocycles. The third-order valence-corrected chi connectivity index (χ3v) is 6.34. The van der Waals surface area contributed by atoms with Crippen molar-refractivity contribution in [1.29, 1.82) is 0 Å². The van der Waals surface area contributed by atoms with Gasteiger partial charge in [-0.25, -0.2) is 0 Å². The standard InChI is InChI=1S/C19H33N3O3/c1-12(2)17(19(24)22-6-8-25-9-7-22)21-18(23)15-10-13-4-3-5-14(11-15)16(13)20/h12-17H,3-11,20H2,1-2H3,(H,21,23). The second-order valence-electron chi connectivity index (χ2n) is 8.36. The zero-order chi connectivity index (χ0) is 18.0. The summed E-state index contributed by atoms with van der Waals surface area (Å²) in [6.45, 7) is 6.37. The van der Waals surface area contributed by atoms with Gasteiger partial charge in [-0.15, -0.1) is 0 Å². The molecular weight excluding hydrogens is 318 g/mol. The van der Waals surface area contributed by atoms with Gasteiger partial charge in [0.25, 0.3) is 0 Å². The minimum atomic E-state index is -0.443. The topological polar surface area (TPSA) is 84.7 Å². The van der Waals surface area contributed by atoms with Gasteiger partial charge in [-0.05, 0) is 43.4 Å². The van der Waals surface area contributed by atoms with E-state index in [1.807, 2.05) is 18.7 Å². The molecule has 2 saturated carbocycles. The van der Waals surface area contributed by atoms with Gasteiger partial charge in [-0.3, -0.25) is 9.59 Å². The Hall–Kier alpha value is -1.14. The first-order valence-electron chi connectivity index (χ1n) is 9.90. The van der Waals surface area contributed by atoms with E-state index in [9.17, 15) is 9.59 Å². The Morgan fingerprint density at radius 2 is 1.72 bits per heavy atom. The molecule has 1 heterocycles. The smallest absolute Gasteiger partial charge is 0.245 e. The van der Waals surface area contributed by atoms with Crippen molar-refractivity contribution in [3.8, 4) is 0 Å². The number of amides is 2. The van der Waals surface area contributed by atoms with Crippen LogP contribution < -0.4 is 11.1 Å². The highest BCUT2D eigenvalue weighted by Crippen LogP contribution is 2.41. The molecule has 6 nitrogen and oxygen atoms in total. The van der Waals surface area contributed by atoms with Crippen molar-refractivity contribution in [1.82, 2.24) is 10.2 Å². The van der Waals surface area contributed by atoms with Crippen molar-refractivity contribution in [2.75, 3.05) is 26.3 Å². The van der Waals surface area contributed by atoms with Crippen molar-refractivity contribution in [3.63, 3.8) is 0 Å². The van der Waals surface area contributed by atoms with E-state index in [0.29, 0.717) is 38.1 Å². The number of nitrogens with zero attached hydrogens (tertiary/aromatic N) is 1. The molecule has 6 heteroatoms. The Morgan fingerprint density at radius 3 is 2.28 bits per heavy atom. The molecule has 142 valence electrons. The van der Waals surface area contributed by atoms with Crippen LogP contribution in [0, 0.1) is 23.7 Å². The van der Waals surface area contributed by atoms with Gasteiger partial charge in [0.1, 0.15) is 6.04 Å². The number of carbonyl (C=O) groups is 2. The number of morpholine rings is 1. The van der Waals surface area contributed by atoms with Gasteiger partial charge in [0.05, 0.1) is 13.2 Å². The van der Waals surface area contributed by atoms with Gasteiger partial charge >= 0.3 is 0 Å². The zero-order valence-electron chi connectivity index (χ0n) is 15.6. The van der Waals surface area contributed by atoms with E-state index in [4.69, 9.17) is 10.5 Å². The lowest BCUT2D eigenvalue weighted by atomic mass is 9.65. The Bertz CT molecular complexity index is 476. The van der Waals surface area contributed by atoms with Gasteiger partial charge < -0.3 is 20.7 Å². The lowest BCUT2D eigenvalue weighted by Crippen LogP contribution is -2.56. The molecule has 3 atom stereocenters. The molecule has 3 rings (SSSR count). The van der Waals surface area contributed by atoms with Crippen LogP contribution in [0.5, 0.6) is 0 Å². The highest BCUT2D eigenvalue weighted by Gasteiger charge is 2.41. The number of nitrogens with one attached hydrogen (secondary N) is 1. The Labute approximate surface area is 150 Å². The molecule has 2 amide bonds. The lowest BCUT2D eigenvalue weighted by Gasteiger charge is -2.44. The Kier molecular flexibility index (Phi) is 6.00. The first-order valence-corrected chi connectivity index (χ1v) is 9.90. The summed E-state index contributed by atoms with van der Waals surface area (Å²) in [5.41, 5.74) is 6.34. The average molecular weight is 351 g/mol. The summed E-state index contributed by atoms with van der Waals surface area (Å²) >= 11 is 0. The molecule has 3 N–H and O–H groups in total. The van der Waals surface area contributed by atoms with Gasteiger partial charge in [-0.1, -0.05) is 20.3 Å². The maximum Gasteiger partial charge on any atom is 0.245 e. The lowest BCUT2D eigenvalue weighted by molar-refractivity contribution is -0.142. The molecule has 0 aromatic rings. The largest absolute Gasteiger partial charge is 0.378 e. The van der Waals surface area contributed by atoms with Crippen LogP contribution >= 0.6 is 0 Å². The van der Waals surface area contributed by atoms with E-state index >= 15 is 0 Å². The fourth-order valence-corrected chi connectivity index (χ4v) is 4.77. The van der Waals surface area contributed by atoms with Crippen molar-refractivity contribution < 1.29 is 14.3 Å². The Balaban J connectivity index is 1.61. The van der Waals surface area contributed by atoms with Crippen LogP contribution in [0.25, 0.3) is 0 Å². The van der Waals surface area contributed by atoms with E-state index in [1.165, 1.54) is 6.42 Å². The van der Waals surface area contributed by atoms with Crippen LogP contribution in [0.2, 0.25) is 0 Å². The van der Waals surface area contributed by atoms with Gasteiger partial charge in [0.2, 0.25) is 11.8 Å². The first-order chi connectivity index (χ1) is 12.0. The van der Waals surface area contributed by atoms with Crippen LogP contribution in [0.4, 0.5) is 0 Å². The van der Waals surface area contributed by atoms with Crippen LogP contribution in [-0.2, 0) is 14.3 Å². The summed E-state index contributed by atoms with van der Waals surface area (Å²) in [7, 11) is 0. The zero-order valence-corrected chi connectivity index (χ0v) is 15.6. The number of carbonyl (C=O) groups excluding carboxylic acids is 2. The predicted octanol–water partition coefficient (Wildman–Crippen LogP) is 1.14. The van der Waals surface area contributed by atoms with Crippen LogP contribution in [0.1, 0.15) is 46.0 Å². The van der Waals surface area contributed by atoms with E-state index in [-0.39, 0.29) is 29.7 Å². The molecule has 3 fully saturated rings. The molecule has 2 bridgehead atoms. The Morgan fingerprint density at radius 1 is 1.12 bits per heavy atom. The molecule has 0 spiro atoms. The number of rotatable bonds is 4. The summed E-state index contributed by atoms with van der Waals surface area (Å²) in [6, 6.07) is -0.185. The van der Waals surface area contributed by atoms with Crippen LogP contribution in [-0.4, -0.2) is 55.1 Å². The highest BCUT2D eigenvalue weighted by atomic mass is 16.5. The van der Waals surface area contributed by atoms with Crippen molar-refractivity contribution in [2.45, 2.75) is 58.0 Å². The monoisotopic (exact) mass is 351 g/mol. The fraction of sp³-hybridized carbons (Fsp3) is 0.895. The van der Waals surface area contributed by atoms with E-state index in [1.54, 1.807) is 0 Å². The van der Waals surface area contributed by atoms with Crippen LogP contribution in [0.3, 0.4) is 0 Å². The van der Waals surface area contributed by atoms with Crippen molar-refractivity contribution in [3.05, 3.63) is 0 Å². The van der Waals surface area contributed by atoms with E-state index < -0.39 is 6.04 Å². The van der Waals surface area contributed by atoms with Crippen molar-refractivity contribution >= 4 is 11.8 Å². The maximum atomic E-state index is 12.9. The fourth-order valence-electron chi connectivity index (χ4n) is 4.77. The molecular formula is C19H33N3O3. The summed E-state index contributed by atoms with van der Waals surface area (Å²) in [6.07, 6.45) is 5.27. The maximum absolute atomic E-state index is 12.9. The van der Waals surface area contributed by atoms with E-state index in [0.717, 1.165) is 25.7 Å². The van der Waals surface area contributed by atoms with Gasteiger partial charge in [0.15, 0.2) is 0 Å². The number of fused-ring (bicyclic) bond motifs is 2. The third kappa shape index (κ3) is 4.17. The summed E-state index contributed by atoms with van der Waals surface area (Å²) in [5, 5.41) is 3.08. The summed E-state index contributed by atoms with van der Waals surface area (Å²) < 4.78 is 5.33. The minimum Gasteiger partial charge on any atom is -0.378 e. The quantitative estimate of drug-likeness (QED) is 0.795. The summed E-state index contributed by atoms with van der Waals surface area (Å²) in [5.74, 6) is 1.09.